The number of rotatable bonds is 2. The monoisotopic (exact) mass is 187 g/mol. The fourth-order valence-corrected chi connectivity index (χ4v) is 1.90. The van der Waals surface area contributed by atoms with Gasteiger partial charge in [0.25, 0.3) is 0 Å². The van der Waals surface area contributed by atoms with Gasteiger partial charge in [-0.25, -0.2) is 0 Å². The molecule has 1 saturated heterocycles. The lowest BCUT2D eigenvalue weighted by Gasteiger charge is -2.30. The summed E-state index contributed by atoms with van der Waals surface area (Å²) in [4.78, 5) is 13.4. The Morgan fingerprint density at radius 1 is 1.50 bits per heavy atom. The summed E-state index contributed by atoms with van der Waals surface area (Å²) in [6.45, 7) is 4.21. The molecule has 3 heteroatoms. The Balaban J connectivity index is 2.29. The van der Waals surface area contributed by atoms with E-state index in [0.29, 0.717) is 11.7 Å². The summed E-state index contributed by atoms with van der Waals surface area (Å²) in [5.74, 6) is 1.77. The first kappa shape index (κ1) is 9.90. The molecule has 0 aromatic heterocycles. The van der Waals surface area contributed by atoms with Crippen molar-refractivity contribution in [1.82, 2.24) is 4.90 Å². The van der Waals surface area contributed by atoms with Crippen LogP contribution in [0.15, 0.2) is 0 Å². The first-order chi connectivity index (χ1) is 5.74. The standard InChI is InChI=1S/C9H17NOS/c1-8-3-5-10(6-4-8)9(11)7-12-2/h8H,3-7H2,1-2H3. The largest absolute Gasteiger partial charge is 0.342 e. The van der Waals surface area contributed by atoms with Gasteiger partial charge < -0.3 is 4.90 Å². The average Bonchev–Trinajstić information content (AvgIpc) is 2.06. The third-order valence-corrected chi connectivity index (χ3v) is 2.94. The lowest BCUT2D eigenvalue weighted by Crippen LogP contribution is -2.38. The molecular weight excluding hydrogens is 170 g/mol. The van der Waals surface area contributed by atoms with Crippen molar-refractivity contribution < 1.29 is 4.79 Å². The molecule has 0 radical (unpaired) electrons. The molecule has 1 fully saturated rings. The molecule has 1 amide bonds. The molecule has 70 valence electrons. The highest BCUT2D eigenvalue weighted by molar-refractivity contribution is 7.99. The van der Waals surface area contributed by atoms with E-state index in [-0.39, 0.29) is 0 Å². The molecule has 0 saturated carbocycles. The fraction of sp³-hybridized carbons (Fsp3) is 0.889. The molecule has 0 unspecified atom stereocenters. The van der Waals surface area contributed by atoms with Gasteiger partial charge in [0.15, 0.2) is 0 Å². The molecule has 1 heterocycles. The molecular formula is C9H17NOS. The molecule has 0 atom stereocenters. The van der Waals surface area contributed by atoms with Crippen molar-refractivity contribution in [3.8, 4) is 0 Å². The number of amides is 1. The number of carbonyl (C=O) groups is 1. The van der Waals surface area contributed by atoms with Crippen LogP contribution in [-0.2, 0) is 4.79 Å². The highest BCUT2D eigenvalue weighted by Crippen LogP contribution is 2.16. The van der Waals surface area contributed by atoms with Crippen LogP contribution in [0, 0.1) is 5.92 Å². The van der Waals surface area contributed by atoms with Crippen LogP contribution in [-0.4, -0.2) is 35.9 Å². The molecule has 0 aromatic carbocycles. The van der Waals surface area contributed by atoms with Crippen LogP contribution in [0.2, 0.25) is 0 Å². The van der Waals surface area contributed by atoms with Crippen LogP contribution >= 0.6 is 11.8 Å². The van der Waals surface area contributed by atoms with Crippen molar-refractivity contribution >= 4 is 17.7 Å². The first-order valence-electron chi connectivity index (χ1n) is 4.50. The van der Waals surface area contributed by atoms with Gasteiger partial charge in [0.2, 0.25) is 5.91 Å². The lowest BCUT2D eigenvalue weighted by atomic mass is 9.99. The van der Waals surface area contributed by atoms with E-state index in [4.69, 9.17) is 0 Å². The van der Waals surface area contributed by atoms with E-state index in [1.807, 2.05) is 11.2 Å². The summed E-state index contributed by atoms with van der Waals surface area (Å²) < 4.78 is 0. The highest BCUT2D eigenvalue weighted by Gasteiger charge is 2.19. The Morgan fingerprint density at radius 2 is 2.08 bits per heavy atom. The van der Waals surface area contributed by atoms with E-state index in [1.165, 1.54) is 12.8 Å². The van der Waals surface area contributed by atoms with E-state index < -0.39 is 0 Å². The number of nitrogens with zero attached hydrogens (tertiary/aromatic N) is 1. The van der Waals surface area contributed by atoms with E-state index in [0.717, 1.165) is 19.0 Å². The Kier molecular flexibility index (Phi) is 3.92. The molecule has 0 N–H and O–H groups in total. The van der Waals surface area contributed by atoms with Crippen molar-refractivity contribution in [2.45, 2.75) is 19.8 Å². The SMILES string of the molecule is CSCC(=O)N1CCC(C)CC1. The molecule has 1 aliphatic rings. The maximum Gasteiger partial charge on any atom is 0.232 e. The summed E-state index contributed by atoms with van der Waals surface area (Å²) in [5.41, 5.74) is 0. The second-order valence-electron chi connectivity index (χ2n) is 3.50. The maximum atomic E-state index is 11.4. The maximum absolute atomic E-state index is 11.4. The third-order valence-electron chi connectivity index (χ3n) is 2.40. The van der Waals surface area contributed by atoms with Gasteiger partial charge in [-0.05, 0) is 25.0 Å². The molecule has 0 spiro atoms. The topological polar surface area (TPSA) is 20.3 Å². The van der Waals surface area contributed by atoms with Crippen molar-refractivity contribution in [3.05, 3.63) is 0 Å². The van der Waals surface area contributed by atoms with E-state index in [2.05, 4.69) is 6.92 Å². The fourth-order valence-electron chi connectivity index (χ4n) is 1.47. The van der Waals surface area contributed by atoms with Crippen molar-refractivity contribution in [3.63, 3.8) is 0 Å². The number of thioether (sulfide) groups is 1. The summed E-state index contributed by atoms with van der Waals surface area (Å²) in [5, 5.41) is 0. The summed E-state index contributed by atoms with van der Waals surface area (Å²) in [7, 11) is 0. The van der Waals surface area contributed by atoms with Gasteiger partial charge in [0.05, 0.1) is 5.75 Å². The van der Waals surface area contributed by atoms with Crippen LogP contribution in [0.3, 0.4) is 0 Å². The smallest absolute Gasteiger partial charge is 0.232 e. The number of hydrogen-bond donors (Lipinski definition) is 0. The Labute approximate surface area is 78.7 Å². The van der Waals surface area contributed by atoms with Gasteiger partial charge in [0, 0.05) is 13.1 Å². The predicted octanol–water partition coefficient (Wildman–Crippen LogP) is 1.61. The van der Waals surface area contributed by atoms with Gasteiger partial charge in [-0.3, -0.25) is 4.79 Å². The van der Waals surface area contributed by atoms with E-state index in [1.54, 1.807) is 11.8 Å². The molecule has 12 heavy (non-hydrogen) atoms. The van der Waals surface area contributed by atoms with Gasteiger partial charge in [-0.2, -0.15) is 11.8 Å². The highest BCUT2D eigenvalue weighted by atomic mass is 32.2. The first-order valence-corrected chi connectivity index (χ1v) is 5.90. The minimum atomic E-state index is 0.314. The van der Waals surface area contributed by atoms with Crippen molar-refractivity contribution in [2.75, 3.05) is 25.1 Å². The van der Waals surface area contributed by atoms with Crippen LogP contribution in [0.5, 0.6) is 0 Å². The second kappa shape index (κ2) is 4.75. The van der Waals surface area contributed by atoms with Crippen LogP contribution in [0.25, 0.3) is 0 Å². The summed E-state index contributed by atoms with van der Waals surface area (Å²) in [6, 6.07) is 0. The van der Waals surface area contributed by atoms with Crippen molar-refractivity contribution in [1.29, 1.82) is 0 Å². The Morgan fingerprint density at radius 3 is 2.58 bits per heavy atom. The van der Waals surface area contributed by atoms with E-state index >= 15 is 0 Å². The Hall–Kier alpha value is -0.180. The number of carbonyl (C=O) groups excluding carboxylic acids is 1. The summed E-state index contributed by atoms with van der Waals surface area (Å²) in [6.07, 6.45) is 4.34. The lowest BCUT2D eigenvalue weighted by molar-refractivity contribution is -0.129. The van der Waals surface area contributed by atoms with Gasteiger partial charge in [-0.15, -0.1) is 0 Å². The minimum absolute atomic E-state index is 0.314. The number of likely N-dealkylation sites (tertiary alicyclic amines) is 1. The van der Waals surface area contributed by atoms with Crippen molar-refractivity contribution in [2.24, 2.45) is 5.92 Å². The third kappa shape index (κ3) is 2.70. The molecule has 1 rings (SSSR count). The van der Waals surface area contributed by atoms with Gasteiger partial charge >= 0.3 is 0 Å². The Bertz CT molecular complexity index is 153. The van der Waals surface area contributed by atoms with Crippen LogP contribution in [0.4, 0.5) is 0 Å². The summed E-state index contributed by atoms with van der Waals surface area (Å²) >= 11 is 1.61. The average molecular weight is 187 g/mol. The van der Waals surface area contributed by atoms with Crippen LogP contribution in [0.1, 0.15) is 19.8 Å². The molecule has 0 aliphatic carbocycles. The zero-order valence-electron chi connectivity index (χ0n) is 7.88. The molecule has 0 aromatic rings. The minimum Gasteiger partial charge on any atom is -0.342 e. The number of hydrogen-bond acceptors (Lipinski definition) is 2. The predicted molar refractivity (Wildman–Crippen MR) is 53.4 cm³/mol. The normalized spacial score (nSPS) is 19.7. The van der Waals surface area contributed by atoms with Crippen LogP contribution < -0.4 is 0 Å². The molecule has 0 bridgehead atoms. The van der Waals surface area contributed by atoms with Gasteiger partial charge in [-0.1, -0.05) is 6.92 Å². The van der Waals surface area contributed by atoms with Gasteiger partial charge in [0.1, 0.15) is 0 Å². The van der Waals surface area contributed by atoms with E-state index in [9.17, 15) is 4.79 Å². The molecule has 1 aliphatic heterocycles. The second-order valence-corrected chi connectivity index (χ2v) is 4.36. The number of piperidine rings is 1. The zero-order chi connectivity index (χ0) is 8.97. The molecule has 2 nitrogen and oxygen atoms in total. The quantitative estimate of drug-likeness (QED) is 0.654. The zero-order valence-corrected chi connectivity index (χ0v) is 8.69.